The van der Waals surface area contributed by atoms with Crippen LogP contribution in [-0.4, -0.2) is 38.8 Å². The van der Waals surface area contributed by atoms with Crippen molar-refractivity contribution in [3.05, 3.63) is 60.2 Å². The fraction of sp³-hybridized carbons (Fsp3) is 0.458. The van der Waals surface area contributed by atoms with Crippen LogP contribution in [0.25, 0.3) is 0 Å². The summed E-state index contributed by atoms with van der Waals surface area (Å²) in [4.78, 5) is 4.92. The van der Waals surface area contributed by atoms with Gasteiger partial charge in [-0.05, 0) is 50.8 Å². The third-order valence-corrected chi connectivity index (χ3v) is 7.81. The van der Waals surface area contributed by atoms with Gasteiger partial charge in [-0.25, -0.2) is 8.42 Å². The Bertz CT molecular complexity index is 1020. The molecule has 4 rings (SSSR count). The molecule has 2 aliphatic rings. The molecule has 1 atom stereocenters. The van der Waals surface area contributed by atoms with Crippen LogP contribution < -0.4 is 15.4 Å². The van der Waals surface area contributed by atoms with Gasteiger partial charge in [0.15, 0.2) is 15.8 Å². The summed E-state index contributed by atoms with van der Waals surface area (Å²) in [5.41, 5.74) is 1.02. The first-order chi connectivity index (χ1) is 15.0. The Hall–Kier alpha value is -2.54. The highest BCUT2D eigenvalue weighted by Gasteiger charge is 2.43. The van der Waals surface area contributed by atoms with Crippen molar-refractivity contribution in [3.8, 4) is 5.75 Å². The summed E-state index contributed by atoms with van der Waals surface area (Å²) in [7, 11) is -3.35. The van der Waals surface area contributed by atoms with E-state index >= 15 is 0 Å². The number of benzene rings is 2. The van der Waals surface area contributed by atoms with E-state index in [1.54, 1.807) is 24.3 Å². The van der Waals surface area contributed by atoms with E-state index in [1.165, 1.54) is 12.8 Å². The number of aliphatic imine (C=N–C) groups is 1. The summed E-state index contributed by atoms with van der Waals surface area (Å²) in [6.07, 6.45) is 5.42. The molecule has 6 nitrogen and oxygen atoms in total. The molecule has 2 N–H and O–H groups in total. The third-order valence-electron chi connectivity index (χ3n) is 6.10. The lowest BCUT2D eigenvalue weighted by molar-refractivity contribution is 0.0396. The number of hydrogen-bond acceptors (Lipinski definition) is 4. The minimum atomic E-state index is -3.35. The number of sulfone groups is 1. The first-order valence-electron chi connectivity index (χ1n) is 11.1. The molecule has 0 aromatic heterocycles. The predicted molar refractivity (Wildman–Crippen MR) is 123 cm³/mol. The third kappa shape index (κ3) is 5.03. The van der Waals surface area contributed by atoms with Crippen LogP contribution in [0.2, 0.25) is 0 Å². The van der Waals surface area contributed by atoms with Crippen molar-refractivity contribution < 1.29 is 13.2 Å². The molecular weight excluding hydrogens is 410 g/mol. The van der Waals surface area contributed by atoms with Gasteiger partial charge in [-0.1, -0.05) is 36.4 Å². The maximum Gasteiger partial charge on any atom is 0.191 e. The standard InChI is InChI=1S/C24H31N3O3S/c1-2-25-23(26-16-17-31(28,29)19-10-4-3-5-11-19)27-21-18-24(14-8-9-15-24)30-22-13-7-6-12-20(21)22/h3-7,10-13,21H,2,8-9,14-18H2,1H3,(H2,25,26,27). The molecule has 1 unspecified atom stereocenters. The lowest BCUT2D eigenvalue weighted by atomic mass is 9.86. The molecule has 0 bridgehead atoms. The Kier molecular flexibility index (Phi) is 6.51. The Morgan fingerprint density at radius 2 is 1.81 bits per heavy atom. The number of fused-ring (bicyclic) bond motifs is 1. The van der Waals surface area contributed by atoms with E-state index in [2.05, 4.69) is 21.7 Å². The molecule has 1 heterocycles. The van der Waals surface area contributed by atoms with E-state index in [-0.39, 0.29) is 23.9 Å². The Labute approximate surface area is 185 Å². The summed E-state index contributed by atoms with van der Waals surface area (Å²) in [6, 6.07) is 16.8. The number of ether oxygens (including phenoxy) is 1. The van der Waals surface area contributed by atoms with Gasteiger partial charge >= 0.3 is 0 Å². The minimum Gasteiger partial charge on any atom is -0.487 e. The molecule has 1 saturated carbocycles. The van der Waals surface area contributed by atoms with Crippen LogP contribution >= 0.6 is 0 Å². The number of nitrogens with one attached hydrogen (secondary N) is 2. The van der Waals surface area contributed by atoms with Gasteiger partial charge in [-0.2, -0.15) is 0 Å². The van der Waals surface area contributed by atoms with E-state index in [0.29, 0.717) is 17.4 Å². The predicted octanol–water partition coefficient (Wildman–Crippen LogP) is 3.85. The van der Waals surface area contributed by atoms with Crippen molar-refractivity contribution in [1.29, 1.82) is 0 Å². The highest BCUT2D eigenvalue weighted by atomic mass is 32.2. The molecule has 0 saturated heterocycles. The second kappa shape index (κ2) is 9.30. The number of rotatable bonds is 6. The van der Waals surface area contributed by atoms with Crippen LogP contribution in [0, 0.1) is 0 Å². The van der Waals surface area contributed by atoms with Gasteiger partial charge in [-0.15, -0.1) is 0 Å². The summed E-state index contributed by atoms with van der Waals surface area (Å²) >= 11 is 0. The van der Waals surface area contributed by atoms with Crippen molar-refractivity contribution >= 4 is 15.8 Å². The largest absolute Gasteiger partial charge is 0.487 e. The van der Waals surface area contributed by atoms with Crippen molar-refractivity contribution in [1.82, 2.24) is 10.6 Å². The maximum absolute atomic E-state index is 12.6. The number of guanidine groups is 1. The number of nitrogens with zero attached hydrogens (tertiary/aromatic N) is 1. The zero-order valence-electron chi connectivity index (χ0n) is 18.0. The normalized spacial score (nSPS) is 20.2. The monoisotopic (exact) mass is 441 g/mol. The summed E-state index contributed by atoms with van der Waals surface area (Å²) in [5, 5.41) is 6.82. The maximum atomic E-state index is 12.6. The van der Waals surface area contributed by atoms with E-state index < -0.39 is 9.84 Å². The quantitative estimate of drug-likeness (QED) is 0.526. The van der Waals surface area contributed by atoms with Crippen LogP contribution in [0.3, 0.4) is 0 Å². The van der Waals surface area contributed by atoms with E-state index in [0.717, 1.165) is 30.6 Å². The van der Waals surface area contributed by atoms with Crippen LogP contribution in [-0.2, 0) is 9.84 Å². The van der Waals surface area contributed by atoms with Crippen molar-refractivity contribution in [2.45, 2.75) is 55.6 Å². The average Bonchev–Trinajstić information content (AvgIpc) is 3.21. The zero-order valence-corrected chi connectivity index (χ0v) is 18.8. The summed E-state index contributed by atoms with van der Waals surface area (Å²) < 4.78 is 31.6. The molecule has 2 aromatic rings. The summed E-state index contributed by atoms with van der Waals surface area (Å²) in [5.74, 6) is 1.55. The Morgan fingerprint density at radius 3 is 2.55 bits per heavy atom. The fourth-order valence-electron chi connectivity index (χ4n) is 4.58. The minimum absolute atomic E-state index is 0.0259. The molecule has 0 radical (unpaired) electrons. The average molecular weight is 442 g/mol. The van der Waals surface area contributed by atoms with Crippen LogP contribution in [0.1, 0.15) is 50.6 Å². The van der Waals surface area contributed by atoms with Crippen molar-refractivity contribution in [3.63, 3.8) is 0 Å². The number of para-hydroxylation sites is 1. The highest BCUT2D eigenvalue weighted by molar-refractivity contribution is 7.91. The fourth-order valence-corrected chi connectivity index (χ4v) is 5.72. The van der Waals surface area contributed by atoms with Gasteiger partial charge in [0.2, 0.25) is 0 Å². The topological polar surface area (TPSA) is 79.8 Å². The van der Waals surface area contributed by atoms with E-state index in [4.69, 9.17) is 4.74 Å². The van der Waals surface area contributed by atoms with Gasteiger partial charge in [0.25, 0.3) is 0 Å². The lowest BCUT2D eigenvalue weighted by Crippen LogP contribution is -2.46. The second-order valence-electron chi connectivity index (χ2n) is 8.32. The Morgan fingerprint density at radius 1 is 1.10 bits per heavy atom. The Balaban J connectivity index is 1.49. The SMILES string of the molecule is CCNC(=NCCS(=O)(=O)c1ccccc1)NC1CC2(CCCC2)Oc2ccccc21. The smallest absolute Gasteiger partial charge is 0.191 e. The van der Waals surface area contributed by atoms with Crippen LogP contribution in [0.15, 0.2) is 64.5 Å². The molecule has 1 aliphatic heterocycles. The molecule has 1 spiro atoms. The molecule has 1 fully saturated rings. The molecular formula is C24H31N3O3S. The lowest BCUT2D eigenvalue weighted by Gasteiger charge is -2.40. The van der Waals surface area contributed by atoms with Crippen molar-refractivity contribution in [2.75, 3.05) is 18.8 Å². The van der Waals surface area contributed by atoms with Gasteiger partial charge in [0.05, 0.1) is 23.2 Å². The van der Waals surface area contributed by atoms with Crippen LogP contribution in [0.4, 0.5) is 0 Å². The van der Waals surface area contributed by atoms with Gasteiger partial charge < -0.3 is 15.4 Å². The number of hydrogen-bond donors (Lipinski definition) is 2. The second-order valence-corrected chi connectivity index (χ2v) is 10.4. The molecule has 166 valence electrons. The zero-order chi connectivity index (χ0) is 21.7. The van der Waals surface area contributed by atoms with Crippen LogP contribution in [0.5, 0.6) is 5.75 Å². The van der Waals surface area contributed by atoms with Gasteiger partial charge in [0.1, 0.15) is 11.4 Å². The molecule has 2 aromatic carbocycles. The first kappa shape index (κ1) is 21.7. The molecule has 1 aliphatic carbocycles. The molecule has 0 amide bonds. The van der Waals surface area contributed by atoms with Crippen molar-refractivity contribution in [2.24, 2.45) is 4.99 Å². The van der Waals surface area contributed by atoms with Gasteiger partial charge in [-0.3, -0.25) is 4.99 Å². The first-order valence-corrected chi connectivity index (χ1v) is 12.8. The van der Waals surface area contributed by atoms with Gasteiger partial charge in [0, 0.05) is 18.5 Å². The summed E-state index contributed by atoms with van der Waals surface area (Å²) in [6.45, 7) is 2.91. The van der Waals surface area contributed by atoms with E-state index in [9.17, 15) is 8.42 Å². The molecule has 7 heteroatoms. The highest BCUT2D eigenvalue weighted by Crippen LogP contribution is 2.46. The molecule has 31 heavy (non-hydrogen) atoms. The van der Waals surface area contributed by atoms with E-state index in [1.807, 2.05) is 31.2 Å².